The summed E-state index contributed by atoms with van der Waals surface area (Å²) < 4.78 is 49.9. The third kappa shape index (κ3) is 2.82. The molecular formula is C18H18F3N3O3S. The van der Waals surface area contributed by atoms with Gasteiger partial charge in [-0.3, -0.25) is 14.3 Å². The number of nitrogens with two attached hydrogens (primary N) is 1. The lowest BCUT2D eigenvalue weighted by Gasteiger charge is -2.28. The summed E-state index contributed by atoms with van der Waals surface area (Å²) >= 11 is 1.28. The molecule has 6 nitrogen and oxygen atoms in total. The molecule has 3 N–H and O–H groups in total. The topological polar surface area (TPSA) is 90.1 Å². The van der Waals surface area contributed by atoms with Gasteiger partial charge in [0.15, 0.2) is 0 Å². The smallest absolute Gasteiger partial charge is 0.329 e. The number of rotatable bonds is 5. The number of nitrogens with zero attached hydrogens (tertiary/aromatic N) is 1. The van der Waals surface area contributed by atoms with Gasteiger partial charge in [0.1, 0.15) is 11.9 Å². The van der Waals surface area contributed by atoms with E-state index in [2.05, 4.69) is 4.98 Å². The van der Waals surface area contributed by atoms with Gasteiger partial charge in [0, 0.05) is 23.0 Å². The van der Waals surface area contributed by atoms with E-state index in [0.717, 1.165) is 4.88 Å². The van der Waals surface area contributed by atoms with Gasteiger partial charge < -0.3 is 10.5 Å². The summed E-state index contributed by atoms with van der Waals surface area (Å²) in [6, 6.07) is 1.41. The van der Waals surface area contributed by atoms with Crippen LogP contribution in [0.1, 0.15) is 35.2 Å². The van der Waals surface area contributed by atoms with Crippen molar-refractivity contribution in [2.75, 3.05) is 7.11 Å². The molecule has 0 spiro atoms. The second-order valence-electron chi connectivity index (χ2n) is 6.84. The molecule has 2 aliphatic carbocycles. The maximum atomic E-state index is 15.4. The second kappa shape index (κ2) is 6.93. The zero-order valence-corrected chi connectivity index (χ0v) is 15.7. The predicted molar refractivity (Wildman–Crippen MR) is 98.5 cm³/mol. The number of H-pyrrole nitrogens is 1. The maximum Gasteiger partial charge on any atom is 0.329 e. The van der Waals surface area contributed by atoms with Crippen LogP contribution in [0.5, 0.6) is 0 Å². The Labute approximate surface area is 160 Å². The van der Waals surface area contributed by atoms with Gasteiger partial charge in [-0.15, -0.1) is 11.3 Å². The van der Waals surface area contributed by atoms with E-state index in [4.69, 9.17) is 10.5 Å². The van der Waals surface area contributed by atoms with Crippen molar-refractivity contribution in [2.45, 2.75) is 43.9 Å². The highest BCUT2D eigenvalue weighted by Gasteiger charge is 2.42. The van der Waals surface area contributed by atoms with Crippen molar-refractivity contribution in [1.82, 2.24) is 9.55 Å². The van der Waals surface area contributed by atoms with Crippen LogP contribution >= 0.6 is 11.3 Å². The Kier molecular flexibility index (Phi) is 4.70. The van der Waals surface area contributed by atoms with Crippen LogP contribution in [0.3, 0.4) is 0 Å². The van der Waals surface area contributed by atoms with Crippen LogP contribution in [-0.2, 0) is 11.3 Å². The monoisotopic (exact) mass is 413 g/mol. The van der Waals surface area contributed by atoms with Crippen molar-refractivity contribution in [3.63, 3.8) is 0 Å². The van der Waals surface area contributed by atoms with Crippen molar-refractivity contribution in [1.29, 1.82) is 0 Å². The van der Waals surface area contributed by atoms with E-state index >= 15 is 4.39 Å². The normalized spacial score (nSPS) is 21.9. The van der Waals surface area contributed by atoms with Crippen LogP contribution in [0.25, 0.3) is 11.3 Å². The highest BCUT2D eigenvalue weighted by Crippen LogP contribution is 2.40. The maximum absolute atomic E-state index is 15.4. The number of hydrogen-bond acceptors (Lipinski definition) is 5. The molecule has 10 heteroatoms. The summed E-state index contributed by atoms with van der Waals surface area (Å²) in [6.07, 6.45) is -4.04. The molecule has 2 aliphatic rings. The molecule has 2 atom stereocenters. The molecule has 2 aromatic rings. The SMILES string of the molecule is COC1=c2c(c(=O)[nH]c(=O)n2C2CC2)=C(C(F)F)C(F)C1c1csc(CN)c1. The van der Waals surface area contributed by atoms with Crippen LogP contribution in [-0.4, -0.2) is 29.3 Å². The molecule has 28 heavy (non-hydrogen) atoms. The van der Waals surface area contributed by atoms with Crippen molar-refractivity contribution in [3.8, 4) is 0 Å². The van der Waals surface area contributed by atoms with Gasteiger partial charge in [-0.2, -0.15) is 0 Å². The standard InChI is InChI=1S/C18H18F3N3O3S/c1-27-15-10(7-4-9(5-22)28-6-7)13(19)11(16(20)21)12-14(15)24(8-2-3-8)18(26)23-17(12)25/h4,6,8,10,13,16H,2-3,5,22H2,1H3,(H,23,25,26). The van der Waals surface area contributed by atoms with E-state index in [9.17, 15) is 18.4 Å². The molecule has 0 bridgehead atoms. The quantitative estimate of drug-likeness (QED) is 0.755. The van der Waals surface area contributed by atoms with Crippen LogP contribution < -0.4 is 27.6 Å². The first-order chi connectivity index (χ1) is 13.4. The fraction of sp³-hybridized carbons (Fsp3) is 0.444. The minimum atomic E-state index is -3.20. The second-order valence-corrected chi connectivity index (χ2v) is 7.83. The molecule has 2 heterocycles. The molecule has 2 aromatic heterocycles. The van der Waals surface area contributed by atoms with E-state index in [0.29, 0.717) is 18.4 Å². The van der Waals surface area contributed by atoms with E-state index in [-0.39, 0.29) is 23.7 Å². The van der Waals surface area contributed by atoms with Crippen LogP contribution in [0.15, 0.2) is 21.0 Å². The van der Waals surface area contributed by atoms with Crippen LogP contribution in [0.4, 0.5) is 13.2 Å². The Balaban J connectivity index is 2.17. The summed E-state index contributed by atoms with van der Waals surface area (Å²) in [7, 11) is 1.28. The first-order valence-electron chi connectivity index (χ1n) is 8.75. The van der Waals surface area contributed by atoms with E-state index < -0.39 is 40.6 Å². The van der Waals surface area contributed by atoms with Crippen LogP contribution in [0, 0.1) is 0 Å². The van der Waals surface area contributed by atoms with Gasteiger partial charge in [-0.25, -0.2) is 18.0 Å². The first-order valence-corrected chi connectivity index (χ1v) is 9.63. The predicted octanol–water partition coefficient (Wildman–Crippen LogP) is 0.698. The number of thiophene rings is 1. The fourth-order valence-electron chi connectivity index (χ4n) is 3.78. The number of fused-ring (bicyclic) bond motifs is 1. The average molecular weight is 413 g/mol. The highest BCUT2D eigenvalue weighted by molar-refractivity contribution is 7.10. The lowest BCUT2D eigenvalue weighted by Crippen LogP contribution is -2.59. The van der Waals surface area contributed by atoms with Crippen LogP contribution in [0.2, 0.25) is 0 Å². The van der Waals surface area contributed by atoms with Gasteiger partial charge in [0.05, 0.1) is 23.6 Å². The number of hydrogen-bond donors (Lipinski definition) is 2. The van der Waals surface area contributed by atoms with E-state index in [1.807, 2.05) is 0 Å². The Morgan fingerprint density at radius 1 is 1.39 bits per heavy atom. The third-order valence-corrected chi connectivity index (χ3v) is 6.12. The van der Waals surface area contributed by atoms with Gasteiger partial charge in [-0.05, 0) is 29.9 Å². The molecule has 0 aliphatic heterocycles. The fourth-order valence-corrected chi connectivity index (χ4v) is 4.58. The summed E-state index contributed by atoms with van der Waals surface area (Å²) in [5, 5.41) is 1.09. The number of aromatic nitrogens is 2. The number of alkyl halides is 3. The Bertz CT molecular complexity index is 1160. The van der Waals surface area contributed by atoms with E-state index in [1.54, 1.807) is 11.4 Å². The molecule has 0 aromatic carbocycles. The largest absolute Gasteiger partial charge is 0.498 e. The molecule has 150 valence electrons. The zero-order chi connectivity index (χ0) is 20.2. The number of ether oxygens (including phenoxy) is 1. The average Bonchev–Trinajstić information content (AvgIpc) is 3.37. The summed E-state index contributed by atoms with van der Waals surface area (Å²) in [5.41, 5.74) is 3.38. The summed E-state index contributed by atoms with van der Waals surface area (Å²) in [5.74, 6) is -1.19. The minimum Gasteiger partial charge on any atom is -0.498 e. The minimum absolute atomic E-state index is 0.00312. The molecule has 0 saturated heterocycles. The molecule has 0 radical (unpaired) electrons. The highest BCUT2D eigenvalue weighted by atomic mass is 32.1. The lowest BCUT2D eigenvalue weighted by molar-refractivity contribution is 0.185. The van der Waals surface area contributed by atoms with Crippen molar-refractivity contribution in [2.24, 2.45) is 5.73 Å². The lowest BCUT2D eigenvalue weighted by atomic mass is 9.85. The molecular weight excluding hydrogens is 395 g/mol. The third-order valence-electron chi connectivity index (χ3n) is 5.14. The summed E-state index contributed by atoms with van der Waals surface area (Å²) in [6.45, 7) is 0.227. The molecule has 1 saturated carbocycles. The Hall–Kier alpha value is -2.33. The van der Waals surface area contributed by atoms with Crippen molar-refractivity contribution in [3.05, 3.63) is 53.3 Å². The van der Waals surface area contributed by atoms with E-state index in [1.165, 1.54) is 23.0 Å². The number of nitrogens with one attached hydrogen (secondary N) is 1. The Morgan fingerprint density at radius 3 is 2.64 bits per heavy atom. The molecule has 2 unspecified atom stereocenters. The molecule has 4 rings (SSSR count). The van der Waals surface area contributed by atoms with Gasteiger partial charge in [0.25, 0.3) is 12.0 Å². The number of halogens is 3. The van der Waals surface area contributed by atoms with Gasteiger partial charge in [0.2, 0.25) is 0 Å². The number of methoxy groups -OCH3 is 1. The van der Waals surface area contributed by atoms with Gasteiger partial charge >= 0.3 is 5.69 Å². The molecule has 0 amide bonds. The van der Waals surface area contributed by atoms with Gasteiger partial charge in [-0.1, -0.05) is 0 Å². The van der Waals surface area contributed by atoms with Crippen molar-refractivity contribution < 1.29 is 17.9 Å². The Morgan fingerprint density at radius 2 is 2.11 bits per heavy atom. The first kappa shape index (κ1) is 19.0. The van der Waals surface area contributed by atoms with Crippen molar-refractivity contribution >= 4 is 22.7 Å². The zero-order valence-electron chi connectivity index (χ0n) is 14.9. The summed E-state index contributed by atoms with van der Waals surface area (Å²) in [4.78, 5) is 27.7. The molecule has 1 fully saturated rings. The number of aromatic amines is 1.